The lowest BCUT2D eigenvalue weighted by Crippen LogP contribution is -2.52. The predicted octanol–water partition coefficient (Wildman–Crippen LogP) is 2.11. The molecule has 0 radical (unpaired) electrons. The summed E-state index contributed by atoms with van der Waals surface area (Å²) in [5, 5.41) is 11.4. The van der Waals surface area contributed by atoms with Gasteiger partial charge in [0.1, 0.15) is 5.54 Å². The van der Waals surface area contributed by atoms with Crippen LogP contribution in [0.4, 0.5) is 0 Å². The first kappa shape index (κ1) is 17.1. The molecule has 1 aromatic carbocycles. The van der Waals surface area contributed by atoms with Gasteiger partial charge in [-0.3, -0.25) is 4.79 Å². The molecule has 0 unspecified atom stereocenters. The van der Waals surface area contributed by atoms with Crippen molar-refractivity contribution in [1.29, 1.82) is 5.26 Å². The number of carbonyl (C=O) groups is 2. The van der Waals surface area contributed by atoms with Crippen molar-refractivity contribution in [1.82, 2.24) is 5.32 Å². The molecule has 21 heavy (non-hydrogen) atoms. The van der Waals surface area contributed by atoms with E-state index in [4.69, 9.17) is 10.00 Å². The van der Waals surface area contributed by atoms with Gasteiger partial charge in [-0.2, -0.15) is 5.26 Å². The summed E-state index contributed by atoms with van der Waals surface area (Å²) in [5.74, 6) is -0.501. The van der Waals surface area contributed by atoms with E-state index in [0.29, 0.717) is 12.0 Å². The van der Waals surface area contributed by atoms with Gasteiger partial charge in [0.15, 0.2) is 0 Å². The Morgan fingerprint density at radius 1 is 1.38 bits per heavy atom. The van der Waals surface area contributed by atoms with Gasteiger partial charge in [0.05, 0.1) is 24.5 Å². The average molecular weight is 306 g/mol. The highest BCUT2D eigenvalue weighted by atomic mass is 32.2. The minimum atomic E-state index is -1.00. The van der Waals surface area contributed by atoms with E-state index in [1.807, 2.05) is 13.0 Å². The number of nitriles is 1. The van der Waals surface area contributed by atoms with E-state index in [1.165, 1.54) is 18.9 Å². The molecule has 5 nitrogen and oxygen atoms in total. The molecule has 0 saturated heterocycles. The molecule has 1 N–H and O–H groups in total. The van der Waals surface area contributed by atoms with Gasteiger partial charge in [0, 0.05) is 4.90 Å². The largest absolute Gasteiger partial charge is 0.467 e. The summed E-state index contributed by atoms with van der Waals surface area (Å²) in [6.45, 7) is 3.45. The van der Waals surface area contributed by atoms with E-state index in [2.05, 4.69) is 5.32 Å². The third kappa shape index (κ3) is 4.80. The number of amides is 1. The fourth-order valence-electron chi connectivity index (χ4n) is 1.63. The first-order valence-corrected chi connectivity index (χ1v) is 7.46. The van der Waals surface area contributed by atoms with Gasteiger partial charge < -0.3 is 10.1 Å². The summed E-state index contributed by atoms with van der Waals surface area (Å²) >= 11 is 1.34. The predicted molar refractivity (Wildman–Crippen MR) is 80.7 cm³/mol. The van der Waals surface area contributed by atoms with Crippen LogP contribution in [0.3, 0.4) is 0 Å². The molecule has 1 atom stereocenters. The number of esters is 1. The molecule has 0 aromatic heterocycles. The SMILES string of the molecule is CC[C@@](C)(NC(=O)CSc1ccc(C#N)cc1)C(=O)OC. The van der Waals surface area contributed by atoms with E-state index in [1.54, 1.807) is 31.2 Å². The van der Waals surface area contributed by atoms with Crippen molar-refractivity contribution in [2.24, 2.45) is 0 Å². The summed E-state index contributed by atoms with van der Waals surface area (Å²) in [7, 11) is 1.30. The smallest absolute Gasteiger partial charge is 0.331 e. The third-order valence-electron chi connectivity index (χ3n) is 3.11. The van der Waals surface area contributed by atoms with Crippen LogP contribution in [0.25, 0.3) is 0 Å². The van der Waals surface area contributed by atoms with Crippen molar-refractivity contribution in [3.63, 3.8) is 0 Å². The Balaban J connectivity index is 2.57. The number of methoxy groups -OCH3 is 1. The normalized spacial score (nSPS) is 12.9. The van der Waals surface area contributed by atoms with Crippen molar-refractivity contribution < 1.29 is 14.3 Å². The molecule has 1 amide bonds. The van der Waals surface area contributed by atoms with Gasteiger partial charge in [-0.15, -0.1) is 11.8 Å². The van der Waals surface area contributed by atoms with Crippen molar-refractivity contribution in [3.05, 3.63) is 29.8 Å². The van der Waals surface area contributed by atoms with Crippen LogP contribution < -0.4 is 5.32 Å². The van der Waals surface area contributed by atoms with E-state index in [-0.39, 0.29) is 11.7 Å². The van der Waals surface area contributed by atoms with Crippen LogP contribution in [0.1, 0.15) is 25.8 Å². The van der Waals surface area contributed by atoms with Crippen molar-refractivity contribution >= 4 is 23.6 Å². The lowest BCUT2D eigenvalue weighted by atomic mass is 9.99. The molecule has 0 spiro atoms. The Labute approximate surface area is 128 Å². The number of benzene rings is 1. The van der Waals surface area contributed by atoms with Crippen LogP contribution in [0.2, 0.25) is 0 Å². The number of ether oxygens (including phenoxy) is 1. The van der Waals surface area contributed by atoms with E-state index >= 15 is 0 Å². The zero-order valence-electron chi connectivity index (χ0n) is 12.3. The molecule has 0 heterocycles. The standard InChI is InChI=1S/C15H18N2O3S/c1-4-15(2,14(19)20-3)17-13(18)10-21-12-7-5-11(9-16)6-8-12/h5-8H,4,10H2,1-3H3,(H,17,18)/t15-/m1/s1. The van der Waals surface area contributed by atoms with Gasteiger partial charge in [0.25, 0.3) is 0 Å². The van der Waals surface area contributed by atoms with Crippen LogP contribution in [-0.4, -0.2) is 30.3 Å². The number of thioether (sulfide) groups is 1. The average Bonchev–Trinajstić information content (AvgIpc) is 2.52. The van der Waals surface area contributed by atoms with Crippen LogP contribution in [0.5, 0.6) is 0 Å². The highest BCUT2D eigenvalue weighted by Gasteiger charge is 2.33. The number of hydrogen-bond donors (Lipinski definition) is 1. The summed E-state index contributed by atoms with van der Waals surface area (Å²) in [6.07, 6.45) is 0.451. The summed E-state index contributed by atoms with van der Waals surface area (Å²) in [4.78, 5) is 24.5. The van der Waals surface area contributed by atoms with Gasteiger partial charge in [-0.1, -0.05) is 6.92 Å². The van der Waals surface area contributed by atoms with Crippen molar-refractivity contribution in [2.75, 3.05) is 12.9 Å². The van der Waals surface area contributed by atoms with Crippen LogP contribution in [0.15, 0.2) is 29.2 Å². The lowest BCUT2D eigenvalue weighted by molar-refractivity contribution is -0.150. The van der Waals surface area contributed by atoms with Crippen molar-refractivity contribution in [2.45, 2.75) is 30.7 Å². The molecule has 1 rings (SSSR count). The second-order valence-corrected chi connectivity index (χ2v) is 5.70. The Bertz CT molecular complexity index is 551. The van der Waals surface area contributed by atoms with Crippen LogP contribution in [-0.2, 0) is 14.3 Å². The third-order valence-corrected chi connectivity index (χ3v) is 4.12. The van der Waals surface area contributed by atoms with Gasteiger partial charge in [-0.05, 0) is 37.6 Å². The van der Waals surface area contributed by atoms with E-state index in [9.17, 15) is 9.59 Å². The fourth-order valence-corrected chi connectivity index (χ4v) is 2.33. The highest BCUT2D eigenvalue weighted by molar-refractivity contribution is 8.00. The van der Waals surface area contributed by atoms with Crippen LogP contribution in [0, 0.1) is 11.3 Å². The molecular formula is C15H18N2O3S. The molecule has 0 aliphatic heterocycles. The van der Waals surface area contributed by atoms with E-state index < -0.39 is 11.5 Å². The zero-order valence-corrected chi connectivity index (χ0v) is 13.1. The number of nitrogens with zero attached hydrogens (tertiary/aromatic N) is 1. The minimum absolute atomic E-state index is 0.193. The molecule has 0 bridgehead atoms. The Kier molecular flexibility index (Phi) is 6.25. The van der Waals surface area contributed by atoms with Crippen molar-refractivity contribution in [3.8, 4) is 6.07 Å². The summed E-state index contributed by atoms with van der Waals surface area (Å²) in [6, 6.07) is 9.01. The topological polar surface area (TPSA) is 79.2 Å². The maximum Gasteiger partial charge on any atom is 0.331 e. The molecule has 0 fully saturated rings. The Morgan fingerprint density at radius 2 is 2.00 bits per heavy atom. The fraction of sp³-hybridized carbons (Fsp3) is 0.400. The summed E-state index contributed by atoms with van der Waals surface area (Å²) < 4.78 is 4.70. The number of carbonyl (C=O) groups excluding carboxylic acids is 2. The number of hydrogen-bond acceptors (Lipinski definition) is 5. The monoisotopic (exact) mass is 306 g/mol. The molecule has 0 aliphatic carbocycles. The lowest BCUT2D eigenvalue weighted by Gasteiger charge is -2.26. The van der Waals surface area contributed by atoms with Gasteiger partial charge >= 0.3 is 5.97 Å². The minimum Gasteiger partial charge on any atom is -0.467 e. The zero-order chi connectivity index (χ0) is 15.9. The van der Waals surface area contributed by atoms with E-state index in [0.717, 1.165) is 4.90 Å². The molecule has 1 aromatic rings. The highest BCUT2D eigenvalue weighted by Crippen LogP contribution is 2.19. The maximum atomic E-state index is 11.9. The first-order valence-electron chi connectivity index (χ1n) is 6.47. The second-order valence-electron chi connectivity index (χ2n) is 4.65. The number of nitrogens with one attached hydrogen (secondary N) is 1. The number of rotatable bonds is 6. The Morgan fingerprint density at radius 3 is 2.48 bits per heavy atom. The second kappa shape index (κ2) is 7.70. The summed E-state index contributed by atoms with van der Waals surface area (Å²) in [5.41, 5.74) is -0.426. The van der Waals surface area contributed by atoms with Gasteiger partial charge in [-0.25, -0.2) is 4.79 Å². The Hall–Kier alpha value is -2.00. The molecule has 0 saturated carbocycles. The molecular weight excluding hydrogens is 288 g/mol. The molecule has 0 aliphatic rings. The maximum absolute atomic E-state index is 11.9. The van der Waals surface area contributed by atoms with Crippen LogP contribution >= 0.6 is 11.8 Å². The van der Waals surface area contributed by atoms with Gasteiger partial charge in [0.2, 0.25) is 5.91 Å². The first-order chi connectivity index (χ1) is 9.95. The quantitative estimate of drug-likeness (QED) is 0.643. The molecule has 6 heteroatoms. The molecule has 112 valence electrons.